The van der Waals surface area contributed by atoms with E-state index in [9.17, 15) is 10.2 Å². The van der Waals surface area contributed by atoms with Crippen LogP contribution in [0.2, 0.25) is 0 Å². The van der Waals surface area contributed by atoms with Gasteiger partial charge in [0.1, 0.15) is 5.82 Å². The van der Waals surface area contributed by atoms with E-state index >= 15 is 0 Å². The van der Waals surface area contributed by atoms with Crippen LogP contribution in [0, 0.1) is 6.92 Å². The van der Waals surface area contributed by atoms with Crippen molar-refractivity contribution in [1.82, 2.24) is 19.5 Å². The molecular weight excluding hydrogens is 408 g/mol. The van der Waals surface area contributed by atoms with Gasteiger partial charge in [-0.3, -0.25) is 4.90 Å². The van der Waals surface area contributed by atoms with Gasteiger partial charge in [-0.25, -0.2) is 4.98 Å². The largest absolute Gasteiger partial charge is 0.493 e. The van der Waals surface area contributed by atoms with E-state index in [1.165, 1.54) is 15.9 Å². The molecule has 1 aromatic carbocycles. The van der Waals surface area contributed by atoms with Crippen LogP contribution in [-0.2, 0) is 0 Å². The zero-order chi connectivity index (χ0) is 21.4. The van der Waals surface area contributed by atoms with Crippen LogP contribution in [0.5, 0.6) is 23.1 Å². The van der Waals surface area contributed by atoms with E-state index in [1.807, 2.05) is 12.1 Å². The number of aromatic nitrogens is 3. The minimum Gasteiger partial charge on any atom is -0.493 e. The van der Waals surface area contributed by atoms with Crippen molar-refractivity contribution in [3.8, 4) is 23.1 Å². The molecule has 1 atom stereocenters. The SMILES string of the molecule is COc1cc(C(c2sc3nc(C)nn3c2O)N2CCC(O)CC2)cc(OC)c1OC. The number of likely N-dealkylation sites (tertiary alicyclic amines) is 1. The van der Waals surface area contributed by atoms with E-state index in [4.69, 9.17) is 14.2 Å². The summed E-state index contributed by atoms with van der Waals surface area (Å²) in [6.45, 7) is 3.17. The molecule has 3 heterocycles. The topological polar surface area (TPSA) is 102 Å². The maximum absolute atomic E-state index is 11.0. The number of hydrogen-bond acceptors (Lipinski definition) is 9. The smallest absolute Gasteiger partial charge is 0.230 e. The molecule has 1 unspecified atom stereocenters. The Kier molecular flexibility index (Phi) is 5.72. The van der Waals surface area contributed by atoms with E-state index < -0.39 is 0 Å². The van der Waals surface area contributed by atoms with Crippen LogP contribution in [0.1, 0.15) is 35.1 Å². The lowest BCUT2D eigenvalue weighted by Gasteiger charge is -2.36. The molecule has 0 bridgehead atoms. The van der Waals surface area contributed by atoms with Gasteiger partial charge in [0, 0.05) is 13.1 Å². The molecule has 0 saturated carbocycles. The Morgan fingerprint density at radius 3 is 2.27 bits per heavy atom. The van der Waals surface area contributed by atoms with Crippen LogP contribution in [-0.4, -0.2) is 70.2 Å². The van der Waals surface area contributed by atoms with Gasteiger partial charge in [0.15, 0.2) is 11.5 Å². The van der Waals surface area contributed by atoms with Crippen molar-refractivity contribution in [3.05, 3.63) is 28.4 Å². The number of aliphatic hydroxyl groups is 1. The average Bonchev–Trinajstić information content (AvgIpc) is 3.25. The molecule has 4 rings (SSSR count). The molecule has 0 aliphatic carbocycles. The fourth-order valence-corrected chi connectivity index (χ4v) is 5.12. The monoisotopic (exact) mass is 434 g/mol. The molecule has 1 saturated heterocycles. The predicted molar refractivity (Wildman–Crippen MR) is 112 cm³/mol. The van der Waals surface area contributed by atoms with Crippen molar-refractivity contribution in [2.45, 2.75) is 31.9 Å². The van der Waals surface area contributed by atoms with Crippen molar-refractivity contribution < 1.29 is 24.4 Å². The van der Waals surface area contributed by atoms with E-state index in [1.54, 1.807) is 28.3 Å². The third-order valence-corrected chi connectivity index (χ3v) is 6.49. The molecule has 162 valence electrons. The molecule has 0 radical (unpaired) electrons. The van der Waals surface area contributed by atoms with Crippen molar-refractivity contribution in [3.63, 3.8) is 0 Å². The molecule has 1 aliphatic heterocycles. The summed E-state index contributed by atoms with van der Waals surface area (Å²) >= 11 is 1.40. The number of aryl methyl sites for hydroxylation is 1. The van der Waals surface area contributed by atoms with Gasteiger partial charge in [-0.2, -0.15) is 4.52 Å². The highest BCUT2D eigenvalue weighted by molar-refractivity contribution is 7.17. The minimum atomic E-state index is -0.305. The van der Waals surface area contributed by atoms with Gasteiger partial charge in [0.05, 0.1) is 38.4 Å². The maximum atomic E-state index is 11.0. The fourth-order valence-electron chi connectivity index (χ4n) is 3.96. The second kappa shape index (κ2) is 8.29. The van der Waals surface area contributed by atoms with Gasteiger partial charge in [-0.1, -0.05) is 11.3 Å². The molecular formula is C20H26N4O5S. The van der Waals surface area contributed by atoms with Gasteiger partial charge in [0.25, 0.3) is 0 Å². The number of thiazole rings is 1. The standard InChI is InChI=1S/C20H26N4O5S/c1-11-21-20-24(22-11)19(26)18(30-20)16(23-7-5-13(25)6-8-23)12-9-14(27-2)17(29-4)15(10-12)28-3/h9-10,13,16,25-26H,5-8H2,1-4H3. The lowest BCUT2D eigenvalue weighted by atomic mass is 9.98. The Bertz CT molecular complexity index is 1020. The van der Waals surface area contributed by atoms with Crippen molar-refractivity contribution in [2.75, 3.05) is 34.4 Å². The molecule has 3 aromatic rings. The molecule has 2 N–H and O–H groups in total. The van der Waals surface area contributed by atoms with E-state index in [-0.39, 0.29) is 18.0 Å². The molecule has 1 fully saturated rings. The summed E-state index contributed by atoms with van der Waals surface area (Å²) in [6.07, 6.45) is 1.03. The number of rotatable bonds is 6. The van der Waals surface area contributed by atoms with E-state index in [0.29, 0.717) is 54.0 Å². The Morgan fingerprint density at radius 2 is 1.73 bits per heavy atom. The normalized spacial score (nSPS) is 16.7. The first-order valence-electron chi connectivity index (χ1n) is 9.73. The Morgan fingerprint density at radius 1 is 1.10 bits per heavy atom. The number of fused-ring (bicyclic) bond motifs is 1. The summed E-state index contributed by atoms with van der Waals surface area (Å²) in [6, 6.07) is 3.52. The van der Waals surface area contributed by atoms with E-state index in [2.05, 4.69) is 15.0 Å². The molecule has 1 aliphatic rings. The Hall–Kier alpha value is -2.56. The van der Waals surface area contributed by atoms with Gasteiger partial charge in [0.2, 0.25) is 16.6 Å². The summed E-state index contributed by atoms with van der Waals surface area (Å²) in [5.74, 6) is 2.28. The summed E-state index contributed by atoms with van der Waals surface area (Å²) < 4.78 is 18.0. The highest BCUT2D eigenvalue weighted by atomic mass is 32.1. The quantitative estimate of drug-likeness (QED) is 0.610. The summed E-state index contributed by atoms with van der Waals surface area (Å²) in [5, 5.41) is 25.3. The van der Waals surface area contributed by atoms with Crippen LogP contribution in [0.3, 0.4) is 0 Å². The second-order valence-electron chi connectivity index (χ2n) is 7.27. The van der Waals surface area contributed by atoms with Crippen LogP contribution in [0.15, 0.2) is 12.1 Å². The number of benzene rings is 1. The Labute approximate surface area is 178 Å². The first-order valence-corrected chi connectivity index (χ1v) is 10.6. The van der Waals surface area contributed by atoms with Gasteiger partial charge in [-0.15, -0.1) is 5.10 Å². The third kappa shape index (κ3) is 3.55. The van der Waals surface area contributed by atoms with Gasteiger partial charge < -0.3 is 24.4 Å². The summed E-state index contributed by atoms with van der Waals surface area (Å²) in [5.41, 5.74) is 0.886. The van der Waals surface area contributed by atoms with Crippen molar-refractivity contribution in [2.24, 2.45) is 0 Å². The van der Waals surface area contributed by atoms with Crippen LogP contribution >= 0.6 is 11.3 Å². The number of piperidine rings is 1. The lowest BCUT2D eigenvalue weighted by Crippen LogP contribution is -2.38. The number of aromatic hydroxyl groups is 1. The summed E-state index contributed by atoms with van der Waals surface area (Å²) in [7, 11) is 4.73. The lowest BCUT2D eigenvalue weighted by molar-refractivity contribution is 0.0688. The van der Waals surface area contributed by atoms with Crippen molar-refractivity contribution in [1.29, 1.82) is 0 Å². The molecule has 0 amide bonds. The molecule has 10 heteroatoms. The Balaban J connectivity index is 1.87. The first kappa shape index (κ1) is 20.7. The van der Waals surface area contributed by atoms with Crippen molar-refractivity contribution >= 4 is 16.3 Å². The number of ether oxygens (including phenoxy) is 3. The average molecular weight is 435 g/mol. The summed E-state index contributed by atoms with van der Waals surface area (Å²) in [4.78, 5) is 8.01. The van der Waals surface area contributed by atoms with Gasteiger partial charge in [-0.05, 0) is 37.5 Å². The fraction of sp³-hybridized carbons (Fsp3) is 0.500. The zero-order valence-electron chi connectivity index (χ0n) is 17.5. The van der Waals surface area contributed by atoms with E-state index in [0.717, 1.165) is 10.4 Å². The van der Waals surface area contributed by atoms with Gasteiger partial charge >= 0.3 is 0 Å². The van der Waals surface area contributed by atoms with Crippen LogP contribution in [0.4, 0.5) is 0 Å². The minimum absolute atomic E-state index is 0.0699. The number of nitrogens with zero attached hydrogens (tertiary/aromatic N) is 4. The molecule has 2 aromatic heterocycles. The molecule has 30 heavy (non-hydrogen) atoms. The maximum Gasteiger partial charge on any atom is 0.230 e. The predicted octanol–water partition coefficient (Wildman–Crippen LogP) is 2.38. The number of methoxy groups -OCH3 is 3. The van der Waals surface area contributed by atoms with Crippen LogP contribution in [0.25, 0.3) is 4.96 Å². The zero-order valence-corrected chi connectivity index (χ0v) is 18.3. The third-order valence-electron chi connectivity index (χ3n) is 5.42. The molecule has 9 nitrogen and oxygen atoms in total. The van der Waals surface area contributed by atoms with Crippen LogP contribution < -0.4 is 14.2 Å². The number of hydrogen-bond donors (Lipinski definition) is 2. The first-order chi connectivity index (χ1) is 14.5. The highest BCUT2D eigenvalue weighted by Gasteiger charge is 2.33. The molecule has 0 spiro atoms. The number of aliphatic hydroxyl groups excluding tert-OH is 1. The second-order valence-corrected chi connectivity index (χ2v) is 8.28. The highest BCUT2D eigenvalue weighted by Crippen LogP contribution is 2.46.